The molecular weight excluding hydrogens is 248 g/mol. The normalized spacial score (nSPS) is 22.9. The monoisotopic (exact) mass is 272 g/mol. The minimum Gasteiger partial charge on any atom is -0.458 e. The summed E-state index contributed by atoms with van der Waals surface area (Å²) in [6, 6.07) is 0. The average Bonchev–Trinajstić information content (AvgIpc) is 2.55. The van der Waals surface area contributed by atoms with E-state index in [0.717, 1.165) is 0 Å². The second-order valence-electron chi connectivity index (χ2n) is 5.90. The predicted molar refractivity (Wildman–Crippen MR) is 70.7 cm³/mol. The molecule has 0 unspecified atom stereocenters. The van der Waals surface area contributed by atoms with E-state index >= 15 is 0 Å². The van der Waals surface area contributed by atoms with E-state index in [1.54, 1.807) is 0 Å². The lowest BCUT2D eigenvalue weighted by molar-refractivity contribution is -0.159. The van der Waals surface area contributed by atoms with Crippen LogP contribution in [-0.2, 0) is 23.7 Å². The van der Waals surface area contributed by atoms with Gasteiger partial charge in [0.05, 0.1) is 13.2 Å². The molecule has 1 atom stereocenters. The molecule has 19 heavy (non-hydrogen) atoms. The molecule has 0 spiro atoms. The van der Waals surface area contributed by atoms with Crippen LogP contribution in [0.3, 0.4) is 0 Å². The molecule has 1 aliphatic rings. The van der Waals surface area contributed by atoms with Crippen LogP contribution in [0.5, 0.6) is 0 Å². The molecule has 5 nitrogen and oxygen atoms in total. The molecule has 110 valence electrons. The smallest absolute Gasteiger partial charge is 0.332 e. The minimum absolute atomic E-state index is 0.0465. The first-order valence-electron chi connectivity index (χ1n) is 6.46. The summed E-state index contributed by atoms with van der Waals surface area (Å²) < 4.78 is 21.3. The van der Waals surface area contributed by atoms with Crippen LogP contribution < -0.4 is 0 Å². The van der Waals surface area contributed by atoms with Crippen LogP contribution in [-0.4, -0.2) is 43.3 Å². The molecule has 0 aromatic rings. The van der Waals surface area contributed by atoms with Crippen molar-refractivity contribution in [3.63, 3.8) is 0 Å². The summed E-state index contributed by atoms with van der Waals surface area (Å²) in [6.45, 7) is 10.1. The Kier molecular flexibility index (Phi) is 5.52. The van der Waals surface area contributed by atoms with Crippen LogP contribution in [0.25, 0.3) is 0 Å². The van der Waals surface area contributed by atoms with Crippen molar-refractivity contribution in [3.05, 3.63) is 12.2 Å². The molecule has 0 N–H and O–H groups in total. The molecule has 0 bridgehead atoms. The van der Waals surface area contributed by atoms with Crippen LogP contribution in [0.1, 0.15) is 34.6 Å². The Bertz CT molecular complexity index is 327. The number of rotatable bonds is 5. The van der Waals surface area contributed by atoms with Crippen molar-refractivity contribution in [1.82, 2.24) is 0 Å². The highest BCUT2D eigenvalue weighted by Crippen LogP contribution is 2.22. The van der Waals surface area contributed by atoms with Gasteiger partial charge in [-0.25, -0.2) is 4.79 Å². The van der Waals surface area contributed by atoms with Crippen LogP contribution in [0.2, 0.25) is 0 Å². The Morgan fingerprint density at radius 2 is 2.11 bits per heavy atom. The predicted octanol–water partition coefficient (Wildman–Crippen LogP) is 2.05. The lowest BCUT2D eigenvalue weighted by atomic mass is 10.2. The van der Waals surface area contributed by atoms with Gasteiger partial charge in [-0.05, 0) is 34.6 Å². The molecule has 0 amide bonds. The molecule has 1 fully saturated rings. The molecule has 0 saturated carbocycles. The van der Waals surface area contributed by atoms with Gasteiger partial charge in [-0.3, -0.25) is 0 Å². The number of hydrogen-bond acceptors (Lipinski definition) is 5. The van der Waals surface area contributed by atoms with Crippen molar-refractivity contribution < 1.29 is 23.7 Å². The summed E-state index contributed by atoms with van der Waals surface area (Å²) in [7, 11) is 0. The quantitative estimate of drug-likeness (QED) is 0.435. The SMILES string of the molecule is CC(C)(C)OC(=O)COCC=C[C@@H]1COC(C)(C)O1. The van der Waals surface area contributed by atoms with Crippen molar-refractivity contribution in [2.75, 3.05) is 19.8 Å². The van der Waals surface area contributed by atoms with E-state index < -0.39 is 11.4 Å². The van der Waals surface area contributed by atoms with E-state index in [0.29, 0.717) is 13.2 Å². The summed E-state index contributed by atoms with van der Waals surface area (Å²) in [6.07, 6.45) is 3.64. The Morgan fingerprint density at radius 3 is 2.63 bits per heavy atom. The second-order valence-corrected chi connectivity index (χ2v) is 5.90. The number of hydrogen-bond donors (Lipinski definition) is 0. The minimum atomic E-state index is -0.521. The number of ether oxygens (including phenoxy) is 4. The van der Waals surface area contributed by atoms with E-state index in [1.807, 2.05) is 46.8 Å². The molecule has 1 heterocycles. The number of esters is 1. The molecule has 0 aromatic heterocycles. The lowest BCUT2D eigenvalue weighted by Crippen LogP contribution is -2.26. The average molecular weight is 272 g/mol. The zero-order valence-electron chi connectivity index (χ0n) is 12.4. The van der Waals surface area contributed by atoms with Crippen LogP contribution in [0.15, 0.2) is 12.2 Å². The molecule has 1 saturated heterocycles. The first kappa shape index (κ1) is 16.1. The van der Waals surface area contributed by atoms with Crippen molar-refractivity contribution in [1.29, 1.82) is 0 Å². The summed E-state index contributed by atoms with van der Waals surface area (Å²) in [5.74, 6) is -0.880. The highest BCUT2D eigenvalue weighted by molar-refractivity contribution is 5.71. The Balaban J connectivity index is 2.13. The third-order valence-corrected chi connectivity index (χ3v) is 2.24. The third kappa shape index (κ3) is 7.30. The second kappa shape index (κ2) is 6.50. The van der Waals surface area contributed by atoms with Crippen LogP contribution >= 0.6 is 0 Å². The van der Waals surface area contributed by atoms with Crippen molar-refractivity contribution in [3.8, 4) is 0 Å². The lowest BCUT2D eigenvalue weighted by Gasteiger charge is -2.19. The molecule has 1 rings (SSSR count). The zero-order chi connectivity index (χ0) is 14.5. The molecule has 5 heteroatoms. The Labute approximate surface area is 114 Å². The maximum absolute atomic E-state index is 11.3. The summed E-state index contributed by atoms with van der Waals surface area (Å²) in [5, 5.41) is 0. The molecule has 0 radical (unpaired) electrons. The van der Waals surface area contributed by atoms with E-state index in [1.165, 1.54) is 0 Å². The van der Waals surface area contributed by atoms with Crippen LogP contribution in [0.4, 0.5) is 0 Å². The fraction of sp³-hybridized carbons (Fsp3) is 0.786. The number of carbonyl (C=O) groups excluding carboxylic acids is 1. The zero-order valence-corrected chi connectivity index (χ0v) is 12.4. The molecule has 0 aromatic carbocycles. The van der Waals surface area contributed by atoms with Crippen molar-refractivity contribution in [2.45, 2.75) is 52.1 Å². The van der Waals surface area contributed by atoms with Gasteiger partial charge in [0.1, 0.15) is 18.3 Å². The number of carbonyl (C=O) groups is 1. The first-order valence-corrected chi connectivity index (χ1v) is 6.46. The van der Waals surface area contributed by atoms with Gasteiger partial charge in [0.25, 0.3) is 0 Å². The van der Waals surface area contributed by atoms with Crippen molar-refractivity contribution >= 4 is 5.97 Å². The van der Waals surface area contributed by atoms with E-state index in [-0.39, 0.29) is 18.7 Å². The third-order valence-electron chi connectivity index (χ3n) is 2.24. The standard InChI is InChI=1S/C14H24O5/c1-13(2,3)19-12(15)10-16-8-6-7-11-9-17-14(4,5)18-11/h6-7,11H,8-10H2,1-5H3/t11-/m1/s1. The van der Waals surface area contributed by atoms with E-state index in [9.17, 15) is 4.79 Å². The highest BCUT2D eigenvalue weighted by Gasteiger charge is 2.30. The van der Waals surface area contributed by atoms with Gasteiger partial charge in [0.2, 0.25) is 0 Å². The topological polar surface area (TPSA) is 54.0 Å². The fourth-order valence-electron chi connectivity index (χ4n) is 1.60. The molecule has 1 aliphatic heterocycles. The van der Waals surface area contributed by atoms with Gasteiger partial charge in [-0.15, -0.1) is 0 Å². The maximum Gasteiger partial charge on any atom is 0.332 e. The van der Waals surface area contributed by atoms with Gasteiger partial charge in [-0.1, -0.05) is 12.2 Å². The summed E-state index contributed by atoms with van der Waals surface area (Å²) in [5.41, 5.74) is -0.475. The Hall–Kier alpha value is -0.910. The largest absolute Gasteiger partial charge is 0.458 e. The van der Waals surface area contributed by atoms with Crippen molar-refractivity contribution in [2.24, 2.45) is 0 Å². The maximum atomic E-state index is 11.3. The Morgan fingerprint density at radius 1 is 1.42 bits per heavy atom. The van der Waals surface area contributed by atoms with Gasteiger partial charge in [0.15, 0.2) is 5.79 Å². The van der Waals surface area contributed by atoms with Gasteiger partial charge in [-0.2, -0.15) is 0 Å². The van der Waals surface area contributed by atoms with Gasteiger partial charge >= 0.3 is 5.97 Å². The summed E-state index contributed by atoms with van der Waals surface area (Å²) >= 11 is 0. The van der Waals surface area contributed by atoms with Crippen LogP contribution in [0, 0.1) is 0 Å². The highest BCUT2D eigenvalue weighted by atomic mass is 16.7. The molecule has 0 aliphatic carbocycles. The van der Waals surface area contributed by atoms with Gasteiger partial charge < -0.3 is 18.9 Å². The van der Waals surface area contributed by atoms with E-state index in [2.05, 4.69) is 0 Å². The first-order chi connectivity index (χ1) is 8.68. The fourth-order valence-corrected chi connectivity index (χ4v) is 1.60. The molecular formula is C14H24O5. The van der Waals surface area contributed by atoms with E-state index in [4.69, 9.17) is 18.9 Å². The van der Waals surface area contributed by atoms with Gasteiger partial charge in [0, 0.05) is 0 Å². The summed E-state index contributed by atoms with van der Waals surface area (Å²) in [4.78, 5) is 11.3.